The third kappa shape index (κ3) is 3.87. The van der Waals surface area contributed by atoms with Gasteiger partial charge in [0.25, 0.3) is 5.56 Å². The highest BCUT2D eigenvalue weighted by Gasteiger charge is 2.24. The highest BCUT2D eigenvalue weighted by atomic mass is 19.1. The molecule has 4 rings (SSSR count). The average molecular weight is 435 g/mol. The smallest absolute Gasteiger partial charge is 0.263 e. The van der Waals surface area contributed by atoms with Crippen LogP contribution in [-0.4, -0.2) is 28.7 Å². The fourth-order valence-electron chi connectivity index (χ4n) is 3.94. The Labute approximate surface area is 184 Å². The van der Waals surface area contributed by atoms with E-state index in [1.165, 1.54) is 22.8 Å². The Morgan fingerprint density at radius 1 is 1.09 bits per heavy atom. The third-order valence-electron chi connectivity index (χ3n) is 5.91. The first-order chi connectivity index (χ1) is 15.3. The van der Waals surface area contributed by atoms with Gasteiger partial charge >= 0.3 is 0 Å². The number of halogens is 2. The van der Waals surface area contributed by atoms with Crippen LogP contribution in [0.5, 0.6) is 0 Å². The lowest BCUT2D eigenvalue weighted by Crippen LogP contribution is -2.42. The molecule has 1 aromatic heterocycles. The number of anilines is 1. The summed E-state index contributed by atoms with van der Waals surface area (Å²) in [5.41, 5.74) is 7.10. The number of nitrogens with zero attached hydrogens (tertiary/aromatic N) is 4. The lowest BCUT2D eigenvalue weighted by Gasteiger charge is -2.32. The maximum atomic E-state index is 14.4. The second-order valence-electron chi connectivity index (χ2n) is 8.09. The summed E-state index contributed by atoms with van der Waals surface area (Å²) in [6.07, 6.45) is 1.53. The molecule has 0 amide bonds. The second-order valence-corrected chi connectivity index (χ2v) is 8.09. The second kappa shape index (κ2) is 8.52. The lowest BCUT2D eigenvalue weighted by atomic mass is 9.98. The van der Waals surface area contributed by atoms with Crippen molar-refractivity contribution in [1.29, 1.82) is 5.26 Å². The van der Waals surface area contributed by atoms with Crippen LogP contribution in [0.2, 0.25) is 0 Å². The number of hydrogen-bond acceptors (Lipinski definition) is 5. The maximum Gasteiger partial charge on any atom is 0.263 e. The molecule has 1 fully saturated rings. The largest absolute Gasteiger partial charge is 0.342 e. The molecule has 1 aliphatic rings. The Hall–Kier alpha value is -3.57. The number of aromatic nitrogens is 2. The van der Waals surface area contributed by atoms with E-state index in [1.54, 1.807) is 38.2 Å². The van der Waals surface area contributed by atoms with Crippen molar-refractivity contribution in [3.05, 3.63) is 69.5 Å². The summed E-state index contributed by atoms with van der Waals surface area (Å²) in [5, 5.41) is 9.07. The molecule has 0 saturated carbocycles. The molecule has 1 aliphatic heterocycles. The predicted molar refractivity (Wildman–Crippen MR) is 119 cm³/mol. The number of piperidine rings is 1. The van der Waals surface area contributed by atoms with Crippen LogP contribution < -0.4 is 16.2 Å². The molecule has 2 heterocycles. The summed E-state index contributed by atoms with van der Waals surface area (Å²) < 4.78 is 30.2. The zero-order valence-electron chi connectivity index (χ0n) is 17.9. The molecule has 1 saturated heterocycles. The molecule has 3 aromatic rings. The van der Waals surface area contributed by atoms with Crippen molar-refractivity contribution in [2.75, 3.05) is 18.0 Å². The van der Waals surface area contributed by atoms with Gasteiger partial charge in [-0.15, -0.1) is 0 Å². The summed E-state index contributed by atoms with van der Waals surface area (Å²) in [6, 6.07) is 10.5. The number of nitriles is 1. The van der Waals surface area contributed by atoms with Crippen LogP contribution in [0.3, 0.4) is 0 Å². The molecule has 2 N–H and O–H groups in total. The molecule has 2 aromatic carbocycles. The van der Waals surface area contributed by atoms with Crippen molar-refractivity contribution in [3.8, 4) is 28.5 Å². The minimum absolute atomic E-state index is 0.102. The number of aryl methyl sites for hydroxylation is 1. The van der Waals surface area contributed by atoms with Crippen molar-refractivity contribution in [2.24, 2.45) is 12.8 Å². The fourth-order valence-corrected chi connectivity index (χ4v) is 3.94. The van der Waals surface area contributed by atoms with E-state index in [0.29, 0.717) is 35.7 Å². The van der Waals surface area contributed by atoms with E-state index in [-0.39, 0.29) is 28.4 Å². The predicted octanol–water partition coefficient (Wildman–Crippen LogP) is 3.50. The van der Waals surface area contributed by atoms with Crippen LogP contribution in [0.4, 0.5) is 14.7 Å². The minimum Gasteiger partial charge on any atom is -0.342 e. The first-order valence-corrected chi connectivity index (χ1v) is 10.4. The highest BCUT2D eigenvalue weighted by molar-refractivity contribution is 5.81. The Kier molecular flexibility index (Phi) is 5.76. The summed E-state index contributed by atoms with van der Waals surface area (Å²) >= 11 is 0. The van der Waals surface area contributed by atoms with Crippen LogP contribution in [-0.2, 0) is 7.05 Å². The van der Waals surface area contributed by atoms with E-state index in [4.69, 9.17) is 16.0 Å². The zero-order valence-corrected chi connectivity index (χ0v) is 17.9. The zero-order chi connectivity index (χ0) is 23.0. The first kappa shape index (κ1) is 21.7. The lowest BCUT2D eigenvalue weighted by molar-refractivity contribution is 0.490. The van der Waals surface area contributed by atoms with Crippen molar-refractivity contribution in [2.45, 2.75) is 25.8 Å². The van der Waals surface area contributed by atoms with Gasteiger partial charge in [0.15, 0.2) is 0 Å². The van der Waals surface area contributed by atoms with Crippen LogP contribution in [0, 0.1) is 29.9 Å². The van der Waals surface area contributed by atoms with Gasteiger partial charge in [-0.3, -0.25) is 9.36 Å². The quantitative estimate of drug-likeness (QED) is 0.680. The standard InChI is InChI=1S/C24H23F2N5O/c1-14-3-4-15(11-19(14)25)21-22(16-5-6-17(13-27)20(26)12-16)29-24(30(2)23(21)32)31-9-7-18(28)8-10-31/h3-6,11-12,18H,7-10,28H2,1-2H3. The van der Waals surface area contributed by atoms with Crippen molar-refractivity contribution in [1.82, 2.24) is 9.55 Å². The molecule has 164 valence electrons. The number of hydrogen-bond donors (Lipinski definition) is 1. The van der Waals surface area contributed by atoms with Crippen molar-refractivity contribution >= 4 is 5.95 Å². The molecule has 0 atom stereocenters. The summed E-state index contributed by atoms with van der Waals surface area (Å²) in [4.78, 5) is 20.2. The van der Waals surface area contributed by atoms with E-state index in [1.807, 2.05) is 4.90 Å². The van der Waals surface area contributed by atoms with Gasteiger partial charge in [-0.2, -0.15) is 5.26 Å². The maximum absolute atomic E-state index is 14.4. The molecule has 0 unspecified atom stereocenters. The van der Waals surface area contributed by atoms with Crippen LogP contribution in [0.15, 0.2) is 41.2 Å². The molecule has 0 radical (unpaired) electrons. The molecular weight excluding hydrogens is 412 g/mol. The number of nitrogens with two attached hydrogens (primary N) is 1. The van der Waals surface area contributed by atoms with E-state index in [9.17, 15) is 13.6 Å². The molecule has 6 nitrogen and oxygen atoms in total. The van der Waals surface area contributed by atoms with Gasteiger partial charge in [0.05, 0.1) is 16.8 Å². The van der Waals surface area contributed by atoms with Crippen molar-refractivity contribution in [3.63, 3.8) is 0 Å². The van der Waals surface area contributed by atoms with Crippen LogP contribution in [0.1, 0.15) is 24.0 Å². The normalized spacial score (nSPS) is 14.4. The van der Waals surface area contributed by atoms with Crippen molar-refractivity contribution < 1.29 is 8.78 Å². The Balaban J connectivity index is 1.97. The molecule has 8 heteroatoms. The molecule has 0 spiro atoms. The Bertz CT molecular complexity index is 1290. The van der Waals surface area contributed by atoms with E-state index in [0.717, 1.165) is 12.8 Å². The molecular formula is C24H23F2N5O. The van der Waals surface area contributed by atoms with Gasteiger partial charge in [0.1, 0.15) is 17.7 Å². The average Bonchev–Trinajstić information content (AvgIpc) is 2.78. The monoisotopic (exact) mass is 435 g/mol. The Morgan fingerprint density at radius 2 is 1.75 bits per heavy atom. The Morgan fingerprint density at radius 3 is 2.38 bits per heavy atom. The summed E-state index contributed by atoms with van der Waals surface area (Å²) in [5.74, 6) is -0.715. The van der Waals surface area contributed by atoms with Gasteiger partial charge in [0, 0.05) is 31.7 Å². The van der Waals surface area contributed by atoms with E-state index >= 15 is 0 Å². The van der Waals surface area contributed by atoms with Gasteiger partial charge in [0.2, 0.25) is 5.95 Å². The first-order valence-electron chi connectivity index (χ1n) is 10.4. The van der Waals surface area contributed by atoms with Crippen LogP contribution >= 0.6 is 0 Å². The number of rotatable bonds is 3. The summed E-state index contributed by atoms with van der Waals surface area (Å²) in [6.45, 7) is 2.92. The van der Waals surface area contributed by atoms with Gasteiger partial charge in [-0.1, -0.05) is 18.2 Å². The van der Waals surface area contributed by atoms with E-state index < -0.39 is 11.6 Å². The van der Waals surface area contributed by atoms with E-state index in [2.05, 4.69) is 0 Å². The third-order valence-corrected chi connectivity index (χ3v) is 5.91. The topological polar surface area (TPSA) is 87.9 Å². The summed E-state index contributed by atoms with van der Waals surface area (Å²) in [7, 11) is 1.62. The minimum atomic E-state index is -0.709. The van der Waals surface area contributed by atoms with Gasteiger partial charge in [-0.05, 0) is 49.1 Å². The van der Waals surface area contributed by atoms with Gasteiger partial charge < -0.3 is 10.6 Å². The number of benzene rings is 2. The molecule has 0 aliphatic carbocycles. The molecule has 32 heavy (non-hydrogen) atoms. The van der Waals surface area contributed by atoms with Gasteiger partial charge in [-0.25, -0.2) is 13.8 Å². The fraction of sp³-hybridized carbons (Fsp3) is 0.292. The molecule has 0 bridgehead atoms. The highest BCUT2D eigenvalue weighted by Crippen LogP contribution is 2.32. The SMILES string of the molecule is Cc1ccc(-c2c(-c3ccc(C#N)c(F)c3)nc(N3CCC(N)CC3)n(C)c2=O)cc1F. The van der Waals surface area contributed by atoms with Crippen LogP contribution in [0.25, 0.3) is 22.4 Å².